The van der Waals surface area contributed by atoms with Gasteiger partial charge in [0.05, 0.1) is 5.69 Å². The molecule has 1 atom stereocenters. The highest BCUT2D eigenvalue weighted by Crippen LogP contribution is 2.39. The van der Waals surface area contributed by atoms with Crippen LogP contribution in [0.25, 0.3) is 22.2 Å². The van der Waals surface area contributed by atoms with Gasteiger partial charge in [-0.3, -0.25) is 10.00 Å². The lowest BCUT2D eigenvalue weighted by Gasteiger charge is -2.44. The number of hydrogen-bond acceptors (Lipinski definition) is 5. The van der Waals surface area contributed by atoms with Crippen LogP contribution in [0.3, 0.4) is 0 Å². The first-order valence-electron chi connectivity index (χ1n) is 13.2. The molecule has 2 aliphatic heterocycles. The highest BCUT2D eigenvalue weighted by atomic mass is 19.1. The van der Waals surface area contributed by atoms with E-state index in [2.05, 4.69) is 52.9 Å². The number of benzene rings is 1. The van der Waals surface area contributed by atoms with Gasteiger partial charge in [0, 0.05) is 62.1 Å². The second-order valence-electron chi connectivity index (χ2n) is 10.3. The predicted octanol–water partition coefficient (Wildman–Crippen LogP) is 5.27. The molecule has 5 rings (SSSR count). The van der Waals surface area contributed by atoms with E-state index in [0.717, 1.165) is 110 Å². The van der Waals surface area contributed by atoms with Crippen molar-refractivity contribution in [3.63, 3.8) is 0 Å². The number of piperazine rings is 1. The van der Waals surface area contributed by atoms with Crippen LogP contribution in [-0.4, -0.2) is 65.5 Å². The van der Waals surface area contributed by atoms with Crippen LogP contribution < -0.4 is 4.90 Å². The molecule has 2 fully saturated rings. The third kappa shape index (κ3) is 4.81. The molecule has 0 unspecified atom stereocenters. The summed E-state index contributed by atoms with van der Waals surface area (Å²) in [6.45, 7) is 14.2. The van der Waals surface area contributed by atoms with Gasteiger partial charge in [-0.15, -0.1) is 0 Å². The molecule has 0 bridgehead atoms. The zero-order chi connectivity index (χ0) is 24.5. The Balaban J connectivity index is 1.55. The number of aromatic nitrogens is 3. The van der Waals surface area contributed by atoms with E-state index in [-0.39, 0.29) is 5.82 Å². The van der Waals surface area contributed by atoms with Gasteiger partial charge in [0.25, 0.3) is 0 Å². The summed E-state index contributed by atoms with van der Waals surface area (Å²) < 4.78 is 20.8. The number of rotatable bonds is 6. The summed E-state index contributed by atoms with van der Waals surface area (Å²) in [5.74, 6) is 1.35. The summed E-state index contributed by atoms with van der Waals surface area (Å²) in [7, 11) is 0. The maximum Gasteiger partial charge on any atom is 0.149 e. The highest BCUT2D eigenvalue weighted by molar-refractivity contribution is 5.94. The quantitative estimate of drug-likeness (QED) is 0.522. The van der Waals surface area contributed by atoms with Crippen molar-refractivity contribution in [3.05, 3.63) is 40.8 Å². The minimum absolute atomic E-state index is 0.236. The zero-order valence-electron chi connectivity index (χ0n) is 21.5. The SMILES string of the molecule is CCc1cc(F)c2nc(N3CCN(CC4CCOCC4)C[C@H]3CC)c(-c3cc(C)[nH]n3)c(C)c2c1. The van der Waals surface area contributed by atoms with Gasteiger partial charge in [0.2, 0.25) is 0 Å². The first-order valence-corrected chi connectivity index (χ1v) is 13.2. The van der Waals surface area contributed by atoms with E-state index in [9.17, 15) is 0 Å². The van der Waals surface area contributed by atoms with E-state index in [1.54, 1.807) is 6.07 Å². The maximum absolute atomic E-state index is 15.3. The van der Waals surface area contributed by atoms with E-state index in [0.29, 0.717) is 11.6 Å². The van der Waals surface area contributed by atoms with Crippen LogP contribution in [0.15, 0.2) is 18.2 Å². The average molecular weight is 480 g/mol. The summed E-state index contributed by atoms with van der Waals surface area (Å²) in [4.78, 5) is 10.0. The number of nitrogens with zero attached hydrogens (tertiary/aromatic N) is 4. The van der Waals surface area contributed by atoms with Crippen LogP contribution >= 0.6 is 0 Å². The topological polar surface area (TPSA) is 57.3 Å². The van der Waals surface area contributed by atoms with Crippen LogP contribution in [0.5, 0.6) is 0 Å². The second-order valence-corrected chi connectivity index (χ2v) is 10.3. The molecule has 2 aromatic heterocycles. The lowest BCUT2D eigenvalue weighted by atomic mass is 9.96. The molecular weight excluding hydrogens is 441 g/mol. The Morgan fingerprint density at radius 2 is 1.91 bits per heavy atom. The number of nitrogens with one attached hydrogen (secondary N) is 1. The monoisotopic (exact) mass is 479 g/mol. The molecule has 2 aliphatic rings. The molecule has 0 radical (unpaired) electrons. The fourth-order valence-corrected chi connectivity index (χ4v) is 5.79. The standard InChI is InChI=1S/C28H38FN5O/c1-5-20-14-23-19(4)26(25-13-18(3)31-32-25)28(30-27(23)24(29)15-20)34-10-9-33(17-22(34)6-2)16-21-7-11-35-12-8-21/h13-15,21-22H,5-12,16-17H2,1-4H3,(H,31,32)/t22-/m1/s1. The minimum Gasteiger partial charge on any atom is -0.381 e. The summed E-state index contributed by atoms with van der Waals surface area (Å²) >= 11 is 0. The predicted molar refractivity (Wildman–Crippen MR) is 140 cm³/mol. The average Bonchev–Trinajstić information content (AvgIpc) is 3.30. The number of ether oxygens (including phenoxy) is 1. The van der Waals surface area contributed by atoms with Crippen molar-refractivity contribution < 1.29 is 9.13 Å². The molecule has 3 aromatic rings. The number of hydrogen-bond donors (Lipinski definition) is 1. The molecule has 0 saturated carbocycles. The third-order valence-electron chi connectivity index (χ3n) is 7.88. The first kappa shape index (κ1) is 24.2. The van der Waals surface area contributed by atoms with Crippen LogP contribution in [0.4, 0.5) is 10.2 Å². The molecule has 35 heavy (non-hydrogen) atoms. The number of fused-ring (bicyclic) bond motifs is 1. The Bertz CT molecular complexity index is 1190. The third-order valence-corrected chi connectivity index (χ3v) is 7.88. The Hall–Kier alpha value is -2.51. The smallest absolute Gasteiger partial charge is 0.149 e. The maximum atomic E-state index is 15.3. The van der Waals surface area contributed by atoms with Crippen molar-refractivity contribution in [3.8, 4) is 11.3 Å². The normalized spacial score (nSPS) is 20.1. The van der Waals surface area contributed by atoms with Crippen LogP contribution in [-0.2, 0) is 11.2 Å². The van der Waals surface area contributed by atoms with Crippen molar-refractivity contribution in [2.24, 2.45) is 5.92 Å². The van der Waals surface area contributed by atoms with Gasteiger partial charge in [-0.1, -0.05) is 13.8 Å². The Morgan fingerprint density at radius 1 is 1.11 bits per heavy atom. The molecule has 6 nitrogen and oxygen atoms in total. The summed E-state index contributed by atoms with van der Waals surface area (Å²) in [5, 5.41) is 8.59. The number of H-pyrrole nitrogens is 1. The molecule has 7 heteroatoms. The first-order chi connectivity index (χ1) is 17.0. The van der Waals surface area contributed by atoms with E-state index >= 15 is 4.39 Å². The van der Waals surface area contributed by atoms with Gasteiger partial charge in [0.15, 0.2) is 0 Å². The molecule has 0 amide bonds. The molecule has 0 spiro atoms. The molecular formula is C28H38FN5O. The Labute approximate surface area is 207 Å². The Kier molecular flexibility index (Phi) is 7.07. The molecule has 188 valence electrons. The lowest BCUT2D eigenvalue weighted by molar-refractivity contribution is 0.0495. The van der Waals surface area contributed by atoms with Crippen molar-refractivity contribution in [2.75, 3.05) is 44.3 Å². The van der Waals surface area contributed by atoms with Crippen molar-refractivity contribution in [1.82, 2.24) is 20.1 Å². The minimum atomic E-state index is -0.236. The summed E-state index contributed by atoms with van der Waals surface area (Å²) in [6, 6.07) is 6.13. The van der Waals surface area contributed by atoms with Crippen molar-refractivity contribution in [1.29, 1.82) is 0 Å². The fraction of sp³-hybridized carbons (Fsp3) is 0.571. The van der Waals surface area contributed by atoms with Crippen molar-refractivity contribution in [2.45, 2.75) is 59.4 Å². The number of pyridine rings is 1. The number of anilines is 1. The summed E-state index contributed by atoms with van der Waals surface area (Å²) in [6.07, 6.45) is 4.12. The molecule has 2 saturated heterocycles. The fourth-order valence-electron chi connectivity index (χ4n) is 5.79. The second kappa shape index (κ2) is 10.2. The van der Waals surface area contributed by atoms with Crippen LogP contribution in [0.2, 0.25) is 0 Å². The summed E-state index contributed by atoms with van der Waals surface area (Å²) in [5.41, 5.74) is 5.41. The van der Waals surface area contributed by atoms with Gasteiger partial charge < -0.3 is 9.64 Å². The van der Waals surface area contributed by atoms with E-state index in [1.807, 2.05) is 6.92 Å². The molecule has 1 aromatic carbocycles. The lowest BCUT2D eigenvalue weighted by Crippen LogP contribution is -2.54. The Morgan fingerprint density at radius 3 is 2.60 bits per heavy atom. The highest BCUT2D eigenvalue weighted by Gasteiger charge is 2.32. The zero-order valence-corrected chi connectivity index (χ0v) is 21.5. The van der Waals surface area contributed by atoms with Crippen LogP contribution in [0, 0.1) is 25.6 Å². The van der Waals surface area contributed by atoms with E-state index < -0.39 is 0 Å². The number of halogens is 1. The van der Waals surface area contributed by atoms with Gasteiger partial charge in [-0.2, -0.15) is 5.10 Å². The van der Waals surface area contributed by atoms with Crippen molar-refractivity contribution >= 4 is 16.7 Å². The van der Waals surface area contributed by atoms with Crippen LogP contribution in [0.1, 0.15) is 49.9 Å². The number of aromatic amines is 1. The molecule has 4 heterocycles. The van der Waals surface area contributed by atoms with Gasteiger partial charge in [-0.05, 0) is 74.8 Å². The van der Waals surface area contributed by atoms with E-state index in [4.69, 9.17) is 9.72 Å². The van der Waals surface area contributed by atoms with E-state index in [1.165, 1.54) is 0 Å². The molecule has 0 aliphatic carbocycles. The van der Waals surface area contributed by atoms with Gasteiger partial charge >= 0.3 is 0 Å². The van der Waals surface area contributed by atoms with Gasteiger partial charge in [-0.25, -0.2) is 9.37 Å². The van der Waals surface area contributed by atoms with Gasteiger partial charge in [0.1, 0.15) is 17.2 Å². The number of aryl methyl sites for hydroxylation is 3. The molecule has 1 N–H and O–H groups in total. The largest absolute Gasteiger partial charge is 0.381 e.